The van der Waals surface area contributed by atoms with Crippen molar-refractivity contribution in [1.29, 1.82) is 0 Å². The number of aliphatic hydroxyl groups excluding tert-OH is 1. The molecule has 0 amide bonds. The Balaban J connectivity index is 1.85. The van der Waals surface area contributed by atoms with Gasteiger partial charge in [-0.1, -0.05) is 13.8 Å². The van der Waals surface area contributed by atoms with E-state index in [-0.39, 0.29) is 29.8 Å². The number of carbonyl (C=O) groups excluding carboxylic acids is 1. The molecule has 0 aromatic heterocycles. The first-order chi connectivity index (χ1) is 8.68. The second kappa shape index (κ2) is 2.86. The van der Waals surface area contributed by atoms with Crippen LogP contribution in [0.5, 0.6) is 0 Å². The van der Waals surface area contributed by atoms with E-state index in [2.05, 4.69) is 13.8 Å². The molecule has 4 fully saturated rings. The number of ether oxygens (including phenoxy) is 1. The Kier molecular flexibility index (Phi) is 1.83. The number of hydrogen-bond acceptors (Lipinski definition) is 4. The normalized spacial score (nSPS) is 61.1. The van der Waals surface area contributed by atoms with Gasteiger partial charge in [-0.05, 0) is 43.4 Å². The van der Waals surface area contributed by atoms with Crippen molar-refractivity contribution in [3.05, 3.63) is 0 Å². The predicted molar refractivity (Wildman–Crippen MR) is 67.1 cm³/mol. The van der Waals surface area contributed by atoms with Crippen LogP contribution in [0.2, 0.25) is 0 Å². The van der Waals surface area contributed by atoms with Crippen LogP contribution in [0, 0.1) is 28.1 Å². The van der Waals surface area contributed by atoms with Crippen LogP contribution in [0.1, 0.15) is 40.0 Å². The van der Waals surface area contributed by atoms with E-state index in [0.717, 1.165) is 12.8 Å². The van der Waals surface area contributed by atoms with Crippen molar-refractivity contribution in [2.24, 2.45) is 28.1 Å². The van der Waals surface area contributed by atoms with Crippen LogP contribution in [0.3, 0.4) is 0 Å². The van der Waals surface area contributed by atoms with Crippen LogP contribution in [0.15, 0.2) is 0 Å². The fraction of sp³-hybridized carbons (Fsp3) is 0.933. The SMILES string of the molecule is CC1(C)C[C@@H]2[C@@H](C1)[C@](C)(O)[C@@]13C[C@@]1(COC3=O)[C@H]2O. The molecule has 0 radical (unpaired) electrons. The highest BCUT2D eigenvalue weighted by atomic mass is 16.5. The minimum atomic E-state index is -1.04. The molecule has 1 heterocycles. The fourth-order valence-corrected chi connectivity index (χ4v) is 5.81. The summed E-state index contributed by atoms with van der Waals surface area (Å²) in [7, 11) is 0. The molecule has 0 bridgehead atoms. The first-order valence-electron chi connectivity index (χ1n) is 7.26. The van der Waals surface area contributed by atoms with E-state index < -0.39 is 22.5 Å². The zero-order valence-corrected chi connectivity index (χ0v) is 11.8. The van der Waals surface area contributed by atoms with Crippen LogP contribution in [0.4, 0.5) is 0 Å². The van der Waals surface area contributed by atoms with E-state index in [0.29, 0.717) is 6.42 Å². The van der Waals surface area contributed by atoms with Crippen molar-refractivity contribution in [3.8, 4) is 0 Å². The highest BCUT2D eigenvalue weighted by Gasteiger charge is 2.90. The highest BCUT2D eigenvalue weighted by molar-refractivity contribution is 5.87. The summed E-state index contributed by atoms with van der Waals surface area (Å²) in [6.07, 6.45) is 1.87. The Bertz CT molecular complexity index is 483. The molecule has 3 aliphatic carbocycles. The van der Waals surface area contributed by atoms with E-state index >= 15 is 0 Å². The van der Waals surface area contributed by atoms with Gasteiger partial charge < -0.3 is 14.9 Å². The molecular formula is C15H22O4. The third kappa shape index (κ3) is 1.03. The van der Waals surface area contributed by atoms with Crippen LogP contribution < -0.4 is 0 Å². The summed E-state index contributed by atoms with van der Waals surface area (Å²) in [5.41, 5.74) is -2.25. The van der Waals surface area contributed by atoms with Gasteiger partial charge in [-0.25, -0.2) is 0 Å². The van der Waals surface area contributed by atoms with Gasteiger partial charge in [0.2, 0.25) is 0 Å². The number of rotatable bonds is 0. The van der Waals surface area contributed by atoms with Crippen molar-refractivity contribution >= 4 is 5.97 Å². The quantitative estimate of drug-likeness (QED) is 0.644. The molecule has 1 aliphatic heterocycles. The van der Waals surface area contributed by atoms with Gasteiger partial charge in [-0.15, -0.1) is 0 Å². The molecule has 4 nitrogen and oxygen atoms in total. The molecule has 4 rings (SSSR count). The molecule has 4 heteroatoms. The second-order valence-corrected chi connectivity index (χ2v) is 8.25. The van der Waals surface area contributed by atoms with Gasteiger partial charge in [0.25, 0.3) is 0 Å². The molecule has 0 unspecified atom stereocenters. The summed E-state index contributed by atoms with van der Waals surface area (Å²) in [5.74, 6) is -0.200. The molecule has 0 aromatic carbocycles. The van der Waals surface area contributed by atoms with Gasteiger partial charge in [0.05, 0.1) is 17.1 Å². The van der Waals surface area contributed by atoms with E-state index in [1.165, 1.54) is 0 Å². The predicted octanol–water partition coefficient (Wildman–Crippen LogP) is 1.10. The Morgan fingerprint density at radius 1 is 1.26 bits per heavy atom. The fourth-order valence-electron chi connectivity index (χ4n) is 5.81. The van der Waals surface area contributed by atoms with E-state index in [4.69, 9.17) is 4.74 Å². The molecule has 6 atom stereocenters. The minimum Gasteiger partial charge on any atom is -0.464 e. The van der Waals surface area contributed by atoms with E-state index in [1.807, 2.05) is 0 Å². The third-order valence-corrected chi connectivity index (χ3v) is 6.75. The lowest BCUT2D eigenvalue weighted by Crippen LogP contribution is -2.58. The molecule has 1 saturated heterocycles. The second-order valence-electron chi connectivity index (χ2n) is 8.25. The average molecular weight is 266 g/mol. The molecule has 3 saturated carbocycles. The molecule has 0 spiro atoms. The largest absolute Gasteiger partial charge is 0.464 e. The van der Waals surface area contributed by atoms with Gasteiger partial charge in [-0.2, -0.15) is 0 Å². The summed E-state index contributed by atoms with van der Waals surface area (Å²) < 4.78 is 5.21. The first-order valence-corrected chi connectivity index (χ1v) is 7.26. The molecule has 19 heavy (non-hydrogen) atoms. The average Bonchev–Trinajstić information content (AvgIpc) is 2.80. The van der Waals surface area contributed by atoms with Crippen molar-refractivity contribution in [3.63, 3.8) is 0 Å². The Labute approximate surface area is 113 Å². The summed E-state index contributed by atoms with van der Waals surface area (Å²) in [6.45, 7) is 6.45. The molecule has 0 aromatic rings. The van der Waals surface area contributed by atoms with Crippen molar-refractivity contribution in [1.82, 2.24) is 0 Å². The summed E-state index contributed by atoms with van der Waals surface area (Å²) in [5, 5.41) is 21.9. The van der Waals surface area contributed by atoms with E-state index in [1.54, 1.807) is 6.92 Å². The third-order valence-electron chi connectivity index (χ3n) is 6.75. The maximum atomic E-state index is 12.2. The zero-order chi connectivity index (χ0) is 13.8. The Hall–Kier alpha value is -0.610. The maximum absolute atomic E-state index is 12.2. The first kappa shape index (κ1) is 12.2. The van der Waals surface area contributed by atoms with Gasteiger partial charge in [-0.3, -0.25) is 4.79 Å². The number of aliphatic hydroxyl groups is 2. The molecule has 4 aliphatic rings. The van der Waals surface area contributed by atoms with E-state index in [9.17, 15) is 15.0 Å². The van der Waals surface area contributed by atoms with Crippen molar-refractivity contribution in [2.75, 3.05) is 6.61 Å². The molecular weight excluding hydrogens is 244 g/mol. The maximum Gasteiger partial charge on any atom is 0.315 e. The molecule has 106 valence electrons. The van der Waals surface area contributed by atoms with Gasteiger partial charge in [0.1, 0.15) is 12.0 Å². The number of cyclic esters (lactones) is 1. The van der Waals surface area contributed by atoms with Gasteiger partial charge in [0.15, 0.2) is 0 Å². The standard InChI is InChI=1S/C15H22O4/c1-12(2)4-8-9(5-12)13(3,18)15-6-14(15,10(8)16)7-19-11(15)17/h8-10,16,18H,4-7H2,1-3H3/t8-,9-,10+,13+,14-,15+/m1/s1. The van der Waals surface area contributed by atoms with Crippen LogP contribution in [0.25, 0.3) is 0 Å². The van der Waals surface area contributed by atoms with Crippen molar-refractivity contribution in [2.45, 2.75) is 51.7 Å². The number of carbonyl (C=O) groups is 1. The zero-order valence-electron chi connectivity index (χ0n) is 11.8. The summed E-state index contributed by atoms with van der Waals surface area (Å²) >= 11 is 0. The highest BCUT2D eigenvalue weighted by Crippen LogP contribution is 2.81. The lowest BCUT2D eigenvalue weighted by Gasteiger charge is -2.47. The minimum absolute atomic E-state index is 0.00113. The van der Waals surface area contributed by atoms with Crippen molar-refractivity contribution < 1.29 is 19.7 Å². The monoisotopic (exact) mass is 266 g/mol. The number of fused-ring (bicyclic) bond motifs is 1. The lowest BCUT2D eigenvalue weighted by molar-refractivity contribution is -0.172. The Morgan fingerprint density at radius 3 is 2.63 bits per heavy atom. The number of esters is 1. The summed E-state index contributed by atoms with van der Waals surface area (Å²) in [6, 6.07) is 0. The topological polar surface area (TPSA) is 66.8 Å². The smallest absolute Gasteiger partial charge is 0.315 e. The lowest BCUT2D eigenvalue weighted by atomic mass is 9.60. The van der Waals surface area contributed by atoms with Crippen LogP contribution >= 0.6 is 0 Å². The summed E-state index contributed by atoms with van der Waals surface area (Å²) in [4.78, 5) is 12.2. The van der Waals surface area contributed by atoms with Gasteiger partial charge >= 0.3 is 5.97 Å². The number of hydrogen-bond donors (Lipinski definition) is 2. The van der Waals surface area contributed by atoms with Crippen LogP contribution in [-0.4, -0.2) is 34.5 Å². The Morgan fingerprint density at radius 2 is 1.95 bits per heavy atom. The molecule has 2 N–H and O–H groups in total. The van der Waals surface area contributed by atoms with Gasteiger partial charge in [0, 0.05) is 0 Å². The van der Waals surface area contributed by atoms with Crippen LogP contribution in [-0.2, 0) is 9.53 Å².